The summed E-state index contributed by atoms with van der Waals surface area (Å²) in [6.45, 7) is 3.89. The Hall–Kier alpha value is -3.88. The van der Waals surface area contributed by atoms with Crippen LogP contribution < -0.4 is 20.3 Å². The van der Waals surface area contributed by atoms with E-state index in [1.807, 2.05) is 13.0 Å². The first-order valence-electron chi connectivity index (χ1n) is 9.08. The standard InChI is InChI=1S/C20H19N5O4/c1-3-14-10-19(27)23-20(21-14)25-17(8-12(2)24-25)22-18(26)7-5-13-4-6-15-16(9-13)29-11-28-15/h4-10H,3,11H2,1-2H3,(H,22,26)(H,21,23,27). The number of fused-ring (bicyclic) bond motifs is 1. The molecule has 2 N–H and O–H groups in total. The van der Waals surface area contributed by atoms with Crippen LogP contribution in [0.25, 0.3) is 12.0 Å². The summed E-state index contributed by atoms with van der Waals surface area (Å²) in [5.74, 6) is 1.63. The molecule has 1 aromatic carbocycles. The number of carbonyl (C=O) groups excluding carboxylic acids is 1. The summed E-state index contributed by atoms with van der Waals surface area (Å²) in [7, 11) is 0. The molecular formula is C20H19N5O4. The Labute approximate surface area is 166 Å². The summed E-state index contributed by atoms with van der Waals surface area (Å²) in [5, 5.41) is 7.09. The van der Waals surface area contributed by atoms with Gasteiger partial charge in [-0.25, -0.2) is 4.98 Å². The summed E-state index contributed by atoms with van der Waals surface area (Å²) < 4.78 is 12.0. The molecular weight excluding hydrogens is 374 g/mol. The average Bonchev–Trinajstić information content (AvgIpc) is 3.31. The first-order chi connectivity index (χ1) is 14.0. The van der Waals surface area contributed by atoms with Gasteiger partial charge in [0.05, 0.1) is 5.69 Å². The molecule has 2 aromatic heterocycles. The Bertz CT molecular complexity index is 1160. The van der Waals surface area contributed by atoms with Crippen LogP contribution in [-0.2, 0) is 11.2 Å². The zero-order valence-electron chi connectivity index (χ0n) is 15.9. The van der Waals surface area contributed by atoms with Crippen molar-refractivity contribution >= 4 is 17.8 Å². The maximum absolute atomic E-state index is 12.4. The summed E-state index contributed by atoms with van der Waals surface area (Å²) >= 11 is 0. The minimum absolute atomic E-state index is 0.196. The second-order valence-corrected chi connectivity index (χ2v) is 6.43. The predicted octanol–water partition coefficient (Wildman–Crippen LogP) is 2.21. The molecule has 4 rings (SSSR count). The highest BCUT2D eigenvalue weighted by atomic mass is 16.7. The molecule has 0 atom stereocenters. The minimum atomic E-state index is -0.349. The molecule has 0 unspecified atom stereocenters. The van der Waals surface area contributed by atoms with Crippen LogP contribution in [0.1, 0.15) is 23.9 Å². The van der Waals surface area contributed by atoms with Gasteiger partial charge in [0.25, 0.3) is 5.56 Å². The lowest BCUT2D eigenvalue weighted by Gasteiger charge is -2.07. The Morgan fingerprint density at radius 2 is 2.10 bits per heavy atom. The number of hydrogen-bond acceptors (Lipinski definition) is 6. The smallest absolute Gasteiger partial charge is 0.252 e. The number of anilines is 1. The van der Waals surface area contributed by atoms with Crippen molar-refractivity contribution in [2.45, 2.75) is 20.3 Å². The first kappa shape index (κ1) is 18.5. The van der Waals surface area contributed by atoms with E-state index in [1.54, 1.807) is 31.2 Å². The third-order valence-electron chi connectivity index (χ3n) is 4.25. The Morgan fingerprint density at radius 3 is 2.93 bits per heavy atom. The van der Waals surface area contributed by atoms with E-state index in [9.17, 15) is 9.59 Å². The van der Waals surface area contributed by atoms with Gasteiger partial charge in [0, 0.05) is 23.9 Å². The van der Waals surface area contributed by atoms with Gasteiger partial charge in [-0.05, 0) is 37.1 Å². The van der Waals surface area contributed by atoms with Crippen molar-refractivity contribution in [2.75, 3.05) is 12.1 Å². The number of rotatable bonds is 5. The van der Waals surface area contributed by atoms with Crippen molar-refractivity contribution in [1.29, 1.82) is 0 Å². The van der Waals surface area contributed by atoms with E-state index in [1.165, 1.54) is 16.8 Å². The monoisotopic (exact) mass is 393 g/mol. The van der Waals surface area contributed by atoms with Crippen LogP contribution in [0.15, 0.2) is 41.2 Å². The number of benzene rings is 1. The highest BCUT2D eigenvalue weighted by Crippen LogP contribution is 2.32. The van der Waals surface area contributed by atoms with Gasteiger partial charge in [-0.2, -0.15) is 9.78 Å². The van der Waals surface area contributed by atoms with Crippen LogP contribution in [0.2, 0.25) is 0 Å². The second-order valence-electron chi connectivity index (χ2n) is 6.43. The van der Waals surface area contributed by atoms with E-state index in [0.717, 1.165) is 5.56 Å². The highest BCUT2D eigenvalue weighted by Gasteiger charge is 2.14. The van der Waals surface area contributed by atoms with Gasteiger partial charge >= 0.3 is 0 Å². The predicted molar refractivity (Wildman–Crippen MR) is 106 cm³/mol. The molecule has 9 nitrogen and oxygen atoms in total. The molecule has 0 fully saturated rings. The Morgan fingerprint density at radius 1 is 1.28 bits per heavy atom. The number of carbonyl (C=O) groups is 1. The van der Waals surface area contributed by atoms with Crippen LogP contribution in [0.3, 0.4) is 0 Å². The van der Waals surface area contributed by atoms with Crippen LogP contribution >= 0.6 is 0 Å². The first-order valence-corrected chi connectivity index (χ1v) is 9.08. The van der Waals surface area contributed by atoms with Gasteiger partial charge in [-0.15, -0.1) is 0 Å². The normalized spacial score (nSPS) is 12.5. The minimum Gasteiger partial charge on any atom is -0.454 e. The van der Waals surface area contributed by atoms with Crippen molar-refractivity contribution in [3.8, 4) is 17.4 Å². The average molecular weight is 393 g/mol. The number of aromatic amines is 1. The summed E-state index contributed by atoms with van der Waals surface area (Å²) in [6.07, 6.45) is 3.68. The molecule has 3 heterocycles. The fourth-order valence-electron chi connectivity index (χ4n) is 2.88. The Balaban J connectivity index is 1.55. The lowest BCUT2D eigenvalue weighted by Crippen LogP contribution is -2.18. The van der Waals surface area contributed by atoms with E-state index in [-0.39, 0.29) is 24.2 Å². The lowest BCUT2D eigenvalue weighted by atomic mass is 10.2. The maximum Gasteiger partial charge on any atom is 0.252 e. The van der Waals surface area contributed by atoms with E-state index < -0.39 is 0 Å². The number of nitrogens with one attached hydrogen (secondary N) is 2. The summed E-state index contributed by atoms with van der Waals surface area (Å²) in [6, 6.07) is 8.56. The number of H-pyrrole nitrogens is 1. The van der Waals surface area contributed by atoms with Gasteiger partial charge in [-0.3, -0.25) is 14.6 Å². The van der Waals surface area contributed by atoms with Gasteiger partial charge in [0.15, 0.2) is 11.5 Å². The topological polar surface area (TPSA) is 111 Å². The number of ether oxygens (including phenoxy) is 2. The third kappa shape index (κ3) is 4.03. The molecule has 0 spiro atoms. The van der Waals surface area contributed by atoms with Gasteiger partial charge in [0.2, 0.25) is 18.6 Å². The fourth-order valence-corrected chi connectivity index (χ4v) is 2.88. The largest absolute Gasteiger partial charge is 0.454 e. The molecule has 29 heavy (non-hydrogen) atoms. The van der Waals surface area contributed by atoms with Crippen LogP contribution in [0, 0.1) is 6.92 Å². The fraction of sp³-hybridized carbons (Fsp3) is 0.200. The van der Waals surface area contributed by atoms with Crippen LogP contribution in [0.5, 0.6) is 11.5 Å². The van der Waals surface area contributed by atoms with Crippen molar-refractivity contribution in [3.63, 3.8) is 0 Å². The zero-order chi connectivity index (χ0) is 20.4. The van der Waals surface area contributed by atoms with Crippen molar-refractivity contribution < 1.29 is 14.3 Å². The molecule has 148 valence electrons. The third-order valence-corrected chi connectivity index (χ3v) is 4.25. The molecule has 9 heteroatoms. The van der Waals surface area contributed by atoms with Gasteiger partial charge in [0.1, 0.15) is 5.82 Å². The maximum atomic E-state index is 12.4. The van der Waals surface area contributed by atoms with Gasteiger partial charge < -0.3 is 14.8 Å². The summed E-state index contributed by atoms with van der Waals surface area (Å²) in [4.78, 5) is 31.3. The highest BCUT2D eigenvalue weighted by molar-refractivity contribution is 6.01. The quantitative estimate of drug-likeness (QED) is 0.643. The molecule has 0 aliphatic carbocycles. The summed E-state index contributed by atoms with van der Waals surface area (Å²) in [5.41, 5.74) is 1.83. The van der Waals surface area contributed by atoms with E-state index in [0.29, 0.717) is 35.1 Å². The van der Waals surface area contributed by atoms with Crippen molar-refractivity contribution in [3.05, 3.63) is 63.7 Å². The van der Waals surface area contributed by atoms with Crippen molar-refractivity contribution in [1.82, 2.24) is 19.7 Å². The number of nitrogens with zero attached hydrogens (tertiary/aromatic N) is 3. The zero-order valence-corrected chi connectivity index (χ0v) is 15.9. The van der Waals surface area contributed by atoms with Crippen molar-refractivity contribution in [2.24, 2.45) is 0 Å². The number of aryl methyl sites for hydroxylation is 2. The molecule has 0 saturated heterocycles. The van der Waals surface area contributed by atoms with E-state index in [2.05, 4.69) is 20.4 Å². The molecule has 1 aliphatic heterocycles. The molecule has 1 aliphatic rings. The number of hydrogen-bond donors (Lipinski definition) is 2. The molecule has 1 amide bonds. The number of amides is 1. The second kappa shape index (κ2) is 7.63. The molecule has 0 saturated carbocycles. The molecule has 0 radical (unpaired) electrons. The van der Waals surface area contributed by atoms with Gasteiger partial charge in [-0.1, -0.05) is 13.0 Å². The van der Waals surface area contributed by atoms with Crippen LogP contribution in [0.4, 0.5) is 5.82 Å². The number of aromatic nitrogens is 4. The van der Waals surface area contributed by atoms with E-state index >= 15 is 0 Å². The SMILES string of the molecule is CCc1cc(=O)[nH]c(-n2nc(C)cc2NC(=O)C=Cc2ccc3c(c2)OCO3)n1. The lowest BCUT2D eigenvalue weighted by molar-refractivity contribution is -0.111. The Kier molecular flexibility index (Phi) is 4.86. The van der Waals surface area contributed by atoms with Crippen LogP contribution in [-0.4, -0.2) is 32.4 Å². The molecule has 3 aromatic rings. The molecule has 0 bridgehead atoms. The van der Waals surface area contributed by atoms with E-state index in [4.69, 9.17) is 9.47 Å².